The summed E-state index contributed by atoms with van der Waals surface area (Å²) in [4.78, 5) is 4.55. The normalized spacial score (nSPS) is 10.4. The molecule has 0 atom stereocenters. The van der Waals surface area contributed by atoms with Gasteiger partial charge >= 0.3 is 0 Å². The number of methoxy groups -OCH3 is 1. The molecule has 0 aliphatic rings. The maximum Gasteiger partial charge on any atom is 0.212 e. The molecule has 0 unspecified atom stereocenters. The molecule has 0 aliphatic heterocycles. The third kappa shape index (κ3) is 2.74. The van der Waals surface area contributed by atoms with Gasteiger partial charge in [-0.15, -0.1) is 0 Å². The molecule has 1 N–H and O–H groups in total. The van der Waals surface area contributed by atoms with E-state index in [1.165, 1.54) is 0 Å². The molecule has 0 radical (unpaired) electrons. The molecule has 0 bridgehead atoms. The van der Waals surface area contributed by atoms with Crippen molar-refractivity contribution in [1.29, 1.82) is 0 Å². The second-order valence-electron chi connectivity index (χ2n) is 4.74. The number of nitrogens with one attached hydrogen (secondary N) is 1. The van der Waals surface area contributed by atoms with E-state index in [9.17, 15) is 0 Å². The Hall–Kier alpha value is -2.75. The Morgan fingerprint density at radius 2 is 1.71 bits per heavy atom. The predicted octanol–water partition coefficient (Wildman–Crippen LogP) is 3.93. The molecule has 0 amide bonds. The number of imidazole rings is 1. The minimum atomic E-state index is 0.767. The smallest absolute Gasteiger partial charge is 0.212 e. The third-order valence-electron chi connectivity index (χ3n) is 3.20. The summed E-state index contributed by atoms with van der Waals surface area (Å²) in [6.45, 7) is 1.97. The number of hydrogen-bond acceptors (Lipinski definition) is 3. The molecule has 2 aromatic carbocycles. The van der Waals surface area contributed by atoms with E-state index in [2.05, 4.69) is 10.3 Å². The van der Waals surface area contributed by atoms with Gasteiger partial charge < -0.3 is 10.1 Å². The van der Waals surface area contributed by atoms with Gasteiger partial charge in [-0.05, 0) is 31.2 Å². The largest absolute Gasteiger partial charge is 0.495 e. The topological polar surface area (TPSA) is 39.1 Å². The van der Waals surface area contributed by atoms with Gasteiger partial charge in [-0.1, -0.05) is 30.3 Å². The minimum absolute atomic E-state index is 0.767. The second-order valence-corrected chi connectivity index (χ2v) is 4.74. The first-order valence-corrected chi connectivity index (χ1v) is 6.79. The van der Waals surface area contributed by atoms with Crippen LogP contribution in [0, 0.1) is 6.92 Å². The molecule has 3 rings (SSSR count). The van der Waals surface area contributed by atoms with Gasteiger partial charge in [0.15, 0.2) is 0 Å². The van der Waals surface area contributed by atoms with Gasteiger partial charge in [-0.25, -0.2) is 4.98 Å². The van der Waals surface area contributed by atoms with E-state index in [4.69, 9.17) is 4.74 Å². The number of aromatic nitrogens is 2. The van der Waals surface area contributed by atoms with Crippen molar-refractivity contribution in [1.82, 2.24) is 9.55 Å². The Kier molecular flexibility index (Phi) is 3.60. The van der Waals surface area contributed by atoms with Gasteiger partial charge in [0.2, 0.25) is 5.95 Å². The SMILES string of the molecule is COc1ccccc1-n1cc(C)nc1Nc1ccccc1. The number of hydrogen-bond donors (Lipinski definition) is 1. The van der Waals surface area contributed by atoms with Crippen LogP contribution in [0.25, 0.3) is 5.69 Å². The third-order valence-corrected chi connectivity index (χ3v) is 3.20. The Balaban J connectivity index is 2.03. The lowest BCUT2D eigenvalue weighted by molar-refractivity contribution is 0.413. The van der Waals surface area contributed by atoms with E-state index in [0.29, 0.717) is 0 Å². The van der Waals surface area contributed by atoms with E-state index in [1.807, 2.05) is 72.3 Å². The highest BCUT2D eigenvalue weighted by atomic mass is 16.5. The fourth-order valence-electron chi connectivity index (χ4n) is 2.25. The Bertz CT molecular complexity index is 735. The Labute approximate surface area is 124 Å². The zero-order valence-corrected chi connectivity index (χ0v) is 12.1. The number of rotatable bonds is 4. The van der Waals surface area contributed by atoms with Crippen molar-refractivity contribution in [3.8, 4) is 11.4 Å². The predicted molar refractivity (Wildman–Crippen MR) is 84.6 cm³/mol. The fraction of sp³-hybridized carbons (Fsp3) is 0.118. The van der Waals surface area contributed by atoms with Gasteiger partial charge in [-0.3, -0.25) is 4.57 Å². The van der Waals surface area contributed by atoms with E-state index < -0.39 is 0 Å². The maximum atomic E-state index is 5.44. The number of anilines is 2. The number of ether oxygens (including phenoxy) is 1. The summed E-state index contributed by atoms with van der Waals surface area (Å²) >= 11 is 0. The molecule has 106 valence electrons. The molecule has 0 aliphatic carbocycles. The summed E-state index contributed by atoms with van der Waals surface area (Å²) in [6.07, 6.45) is 1.99. The lowest BCUT2D eigenvalue weighted by atomic mass is 10.3. The quantitative estimate of drug-likeness (QED) is 0.786. The molecule has 3 aromatic rings. The van der Waals surface area contributed by atoms with E-state index in [-0.39, 0.29) is 0 Å². The summed E-state index contributed by atoms with van der Waals surface area (Å²) in [7, 11) is 1.67. The second kappa shape index (κ2) is 5.71. The van der Waals surface area contributed by atoms with Crippen LogP contribution in [0.4, 0.5) is 11.6 Å². The first kappa shape index (κ1) is 13.2. The lowest BCUT2D eigenvalue weighted by Gasteiger charge is -2.12. The van der Waals surface area contributed by atoms with E-state index >= 15 is 0 Å². The first-order valence-electron chi connectivity index (χ1n) is 6.79. The summed E-state index contributed by atoms with van der Waals surface area (Å²) in [5.41, 5.74) is 2.90. The van der Waals surface area contributed by atoms with Crippen LogP contribution in [0.1, 0.15) is 5.69 Å². The highest BCUT2D eigenvalue weighted by Crippen LogP contribution is 2.27. The number of nitrogens with zero attached hydrogens (tertiary/aromatic N) is 2. The van der Waals surface area contributed by atoms with Crippen molar-refractivity contribution in [3.05, 3.63) is 66.5 Å². The summed E-state index contributed by atoms with van der Waals surface area (Å²) < 4.78 is 7.44. The maximum absolute atomic E-state index is 5.44. The summed E-state index contributed by atoms with van der Waals surface area (Å²) in [6, 6.07) is 17.9. The molecule has 4 heteroatoms. The summed E-state index contributed by atoms with van der Waals surface area (Å²) in [5.74, 6) is 1.58. The van der Waals surface area contributed by atoms with Crippen molar-refractivity contribution in [3.63, 3.8) is 0 Å². The van der Waals surface area contributed by atoms with Crippen LogP contribution in [-0.2, 0) is 0 Å². The highest BCUT2D eigenvalue weighted by molar-refractivity contribution is 5.58. The van der Waals surface area contributed by atoms with Gasteiger partial charge in [0.1, 0.15) is 5.75 Å². The van der Waals surface area contributed by atoms with Gasteiger partial charge in [0.05, 0.1) is 18.5 Å². The zero-order valence-electron chi connectivity index (χ0n) is 12.1. The molecule has 4 nitrogen and oxygen atoms in total. The Morgan fingerprint density at radius 3 is 2.48 bits per heavy atom. The number of benzene rings is 2. The average molecular weight is 279 g/mol. The molecule has 21 heavy (non-hydrogen) atoms. The van der Waals surface area contributed by atoms with Crippen molar-refractivity contribution in [2.45, 2.75) is 6.92 Å². The minimum Gasteiger partial charge on any atom is -0.495 e. The number of para-hydroxylation sites is 3. The molecule has 0 saturated heterocycles. The molecule has 1 heterocycles. The molecule has 0 spiro atoms. The monoisotopic (exact) mass is 279 g/mol. The average Bonchev–Trinajstić information content (AvgIpc) is 2.88. The molecule has 0 fully saturated rings. The summed E-state index contributed by atoms with van der Waals surface area (Å²) in [5, 5.41) is 3.34. The van der Waals surface area contributed by atoms with Crippen LogP contribution >= 0.6 is 0 Å². The van der Waals surface area contributed by atoms with Gasteiger partial charge in [0, 0.05) is 11.9 Å². The van der Waals surface area contributed by atoms with Crippen molar-refractivity contribution < 1.29 is 4.74 Å². The van der Waals surface area contributed by atoms with E-state index in [0.717, 1.165) is 28.8 Å². The van der Waals surface area contributed by atoms with Crippen molar-refractivity contribution in [2.24, 2.45) is 0 Å². The molecule has 1 aromatic heterocycles. The van der Waals surface area contributed by atoms with Crippen LogP contribution < -0.4 is 10.1 Å². The highest BCUT2D eigenvalue weighted by Gasteiger charge is 2.11. The molecular weight excluding hydrogens is 262 g/mol. The van der Waals surface area contributed by atoms with Gasteiger partial charge in [-0.2, -0.15) is 0 Å². The van der Waals surface area contributed by atoms with Crippen molar-refractivity contribution >= 4 is 11.6 Å². The van der Waals surface area contributed by atoms with Crippen LogP contribution in [0.2, 0.25) is 0 Å². The fourth-order valence-corrected chi connectivity index (χ4v) is 2.25. The van der Waals surface area contributed by atoms with Gasteiger partial charge in [0.25, 0.3) is 0 Å². The first-order chi connectivity index (χ1) is 10.3. The van der Waals surface area contributed by atoms with Crippen LogP contribution in [0.5, 0.6) is 5.75 Å². The van der Waals surface area contributed by atoms with Crippen LogP contribution in [0.3, 0.4) is 0 Å². The van der Waals surface area contributed by atoms with E-state index in [1.54, 1.807) is 7.11 Å². The molecular formula is C17H17N3O. The molecule has 0 saturated carbocycles. The number of aryl methyl sites for hydroxylation is 1. The van der Waals surface area contributed by atoms with Crippen LogP contribution in [0.15, 0.2) is 60.8 Å². The lowest BCUT2D eigenvalue weighted by Crippen LogP contribution is -2.02. The Morgan fingerprint density at radius 1 is 1.00 bits per heavy atom. The van der Waals surface area contributed by atoms with Crippen molar-refractivity contribution in [2.75, 3.05) is 12.4 Å². The van der Waals surface area contributed by atoms with Crippen LogP contribution in [-0.4, -0.2) is 16.7 Å². The zero-order chi connectivity index (χ0) is 14.7. The standard InChI is InChI=1S/C17H17N3O/c1-13-12-20(15-10-6-7-11-16(15)21-2)17(18-13)19-14-8-4-3-5-9-14/h3-12H,1-2H3,(H,18,19).